The van der Waals surface area contributed by atoms with Gasteiger partial charge in [-0.2, -0.15) is 4.31 Å². The minimum atomic E-state index is -3.54. The van der Waals surface area contributed by atoms with Crippen LogP contribution in [-0.4, -0.2) is 42.6 Å². The van der Waals surface area contributed by atoms with Crippen LogP contribution in [0.15, 0.2) is 30.2 Å². The Morgan fingerprint density at radius 2 is 1.81 bits per heavy atom. The third-order valence-electron chi connectivity index (χ3n) is 8.72. The van der Waals surface area contributed by atoms with Gasteiger partial charge in [0.15, 0.2) is 5.13 Å². The number of aromatic nitrogens is 1. The number of fused-ring (bicyclic) bond motifs is 1. The minimum Gasteiger partial charge on any atom is -0.326 e. The number of sulfonamides is 1. The van der Waals surface area contributed by atoms with E-state index < -0.39 is 15.9 Å². The molecule has 1 aliphatic heterocycles. The Labute approximate surface area is 215 Å². The fourth-order valence-electron chi connectivity index (χ4n) is 7.41. The molecule has 5 aliphatic rings. The van der Waals surface area contributed by atoms with Crippen LogP contribution in [0.4, 0.5) is 10.8 Å². The summed E-state index contributed by atoms with van der Waals surface area (Å²) in [6.07, 6.45) is 8.23. The number of nitrogens with zero attached hydrogens (tertiary/aromatic N) is 2. The topological polar surface area (TPSA) is 108 Å². The van der Waals surface area contributed by atoms with E-state index in [0.29, 0.717) is 42.3 Å². The number of benzene rings is 1. The predicted molar refractivity (Wildman–Crippen MR) is 141 cm³/mol. The maximum Gasteiger partial charge on any atom is 0.235 e. The number of carbonyl (C=O) groups excluding carboxylic acids is 2. The van der Waals surface area contributed by atoms with Crippen molar-refractivity contribution in [3.8, 4) is 0 Å². The van der Waals surface area contributed by atoms with Crippen LogP contribution in [0.2, 0.25) is 0 Å². The molecule has 1 saturated heterocycles. The van der Waals surface area contributed by atoms with Gasteiger partial charge in [0.25, 0.3) is 0 Å². The summed E-state index contributed by atoms with van der Waals surface area (Å²) in [5, 5.41) is 7.48. The second kappa shape index (κ2) is 8.92. The molecule has 2 aromatic rings. The van der Waals surface area contributed by atoms with Crippen LogP contribution in [-0.2, 0) is 19.6 Å². The number of carbonyl (C=O) groups is 2. The fourth-order valence-corrected chi connectivity index (χ4v) is 9.30. The van der Waals surface area contributed by atoms with Gasteiger partial charge < -0.3 is 10.6 Å². The van der Waals surface area contributed by atoms with Gasteiger partial charge in [0.05, 0.1) is 21.5 Å². The zero-order valence-electron chi connectivity index (χ0n) is 20.2. The van der Waals surface area contributed by atoms with Crippen molar-refractivity contribution in [2.45, 2.75) is 51.4 Å². The first-order valence-corrected chi connectivity index (χ1v) is 15.2. The molecule has 2 N–H and O–H groups in total. The van der Waals surface area contributed by atoms with E-state index in [2.05, 4.69) is 22.2 Å². The molecule has 1 aromatic carbocycles. The number of amides is 2. The van der Waals surface area contributed by atoms with Gasteiger partial charge in [0.2, 0.25) is 21.8 Å². The lowest BCUT2D eigenvalue weighted by Crippen LogP contribution is -2.51. The van der Waals surface area contributed by atoms with Gasteiger partial charge >= 0.3 is 0 Å². The van der Waals surface area contributed by atoms with Gasteiger partial charge in [-0.1, -0.05) is 17.9 Å². The third-order valence-corrected chi connectivity index (χ3v) is 11.1. The Morgan fingerprint density at radius 3 is 2.47 bits per heavy atom. The average Bonchev–Trinajstić information content (AvgIpc) is 3.24. The highest BCUT2D eigenvalue weighted by Gasteiger charge is 2.54. The van der Waals surface area contributed by atoms with Gasteiger partial charge in [-0.25, -0.2) is 13.4 Å². The number of nitrogens with one attached hydrogen (secondary N) is 2. The van der Waals surface area contributed by atoms with Crippen molar-refractivity contribution in [2.75, 3.05) is 23.7 Å². The smallest absolute Gasteiger partial charge is 0.235 e. The number of thiazole rings is 1. The Balaban J connectivity index is 1.13. The van der Waals surface area contributed by atoms with Gasteiger partial charge in [-0.15, -0.1) is 0 Å². The predicted octanol–water partition coefficient (Wildman–Crippen LogP) is 4.58. The van der Waals surface area contributed by atoms with Crippen LogP contribution in [0.3, 0.4) is 0 Å². The maximum atomic E-state index is 13.4. The van der Waals surface area contributed by atoms with E-state index in [1.165, 1.54) is 34.9 Å². The first-order chi connectivity index (χ1) is 17.2. The standard InChI is InChI=1S/C26H32N4O4S2/c1-2-36(33,34)30-7-3-4-19(15-30)23(31)29-25-28-21-6-5-20(11-22(21)35-25)27-24(32)26-12-16-8-17(13-26)10-18(9-16)14-26/h2,5-6,11,16-19H,1,3-4,7-10,12-15H2,(H,27,32)(H,28,29,31)/t16?,17?,18?,19-,26?/m1/s1. The van der Waals surface area contributed by atoms with E-state index in [9.17, 15) is 18.0 Å². The van der Waals surface area contributed by atoms with E-state index in [1.807, 2.05) is 18.2 Å². The Bertz CT molecular complexity index is 1300. The molecule has 4 saturated carbocycles. The second-order valence-electron chi connectivity index (χ2n) is 11.3. The van der Waals surface area contributed by atoms with Crippen molar-refractivity contribution in [1.82, 2.24) is 9.29 Å². The first-order valence-electron chi connectivity index (χ1n) is 12.9. The number of hydrogen-bond acceptors (Lipinski definition) is 6. The summed E-state index contributed by atoms with van der Waals surface area (Å²) in [7, 11) is -3.54. The van der Waals surface area contributed by atoms with E-state index in [-0.39, 0.29) is 23.8 Å². The van der Waals surface area contributed by atoms with Crippen molar-refractivity contribution < 1.29 is 18.0 Å². The molecule has 2 amide bonds. The number of anilines is 2. The lowest BCUT2D eigenvalue weighted by Gasteiger charge is -2.55. The Kier molecular flexibility index (Phi) is 5.96. The summed E-state index contributed by atoms with van der Waals surface area (Å²) in [4.78, 5) is 30.8. The highest BCUT2D eigenvalue weighted by Crippen LogP contribution is 2.60. The molecule has 0 radical (unpaired) electrons. The number of hydrogen-bond donors (Lipinski definition) is 2. The van der Waals surface area contributed by atoms with Crippen LogP contribution in [0.5, 0.6) is 0 Å². The summed E-state index contributed by atoms with van der Waals surface area (Å²) in [5.74, 6) is 1.64. The molecular formula is C26H32N4O4S2. The zero-order valence-corrected chi connectivity index (χ0v) is 21.9. The molecular weight excluding hydrogens is 496 g/mol. The van der Waals surface area contributed by atoms with Crippen LogP contribution < -0.4 is 10.6 Å². The number of rotatable bonds is 6. The molecule has 8 nitrogen and oxygen atoms in total. The molecule has 0 unspecified atom stereocenters. The van der Waals surface area contributed by atoms with Gasteiger partial charge in [0, 0.05) is 24.2 Å². The van der Waals surface area contributed by atoms with Crippen molar-refractivity contribution >= 4 is 54.2 Å². The molecule has 36 heavy (non-hydrogen) atoms. The molecule has 0 spiro atoms. The second-order valence-corrected chi connectivity index (χ2v) is 14.2. The summed E-state index contributed by atoms with van der Waals surface area (Å²) < 4.78 is 26.4. The highest BCUT2D eigenvalue weighted by molar-refractivity contribution is 7.92. The largest absolute Gasteiger partial charge is 0.326 e. The van der Waals surface area contributed by atoms with Crippen LogP contribution in [0.25, 0.3) is 10.2 Å². The quantitative estimate of drug-likeness (QED) is 0.571. The molecule has 10 heteroatoms. The highest BCUT2D eigenvalue weighted by atomic mass is 32.2. The first kappa shape index (κ1) is 24.1. The Morgan fingerprint density at radius 1 is 1.11 bits per heavy atom. The SMILES string of the molecule is C=CS(=O)(=O)N1CCC[C@@H](C(=O)Nc2nc3ccc(NC(=O)C45CC6CC(CC(C6)C4)C5)cc3s2)C1. The summed E-state index contributed by atoms with van der Waals surface area (Å²) >= 11 is 1.36. The normalized spacial score (nSPS) is 31.9. The lowest BCUT2D eigenvalue weighted by atomic mass is 9.49. The van der Waals surface area contributed by atoms with Crippen molar-refractivity contribution in [3.05, 3.63) is 30.2 Å². The van der Waals surface area contributed by atoms with Crippen LogP contribution in [0.1, 0.15) is 51.4 Å². The summed E-state index contributed by atoms with van der Waals surface area (Å²) in [5.41, 5.74) is 1.31. The molecule has 7 rings (SSSR count). The molecule has 2 heterocycles. The van der Waals surface area contributed by atoms with Crippen molar-refractivity contribution in [3.63, 3.8) is 0 Å². The van der Waals surface area contributed by atoms with Crippen molar-refractivity contribution in [2.24, 2.45) is 29.1 Å². The van der Waals surface area contributed by atoms with Gasteiger partial charge in [-0.3, -0.25) is 9.59 Å². The van der Waals surface area contributed by atoms with Crippen LogP contribution in [0, 0.1) is 29.1 Å². The minimum absolute atomic E-state index is 0.144. The fraction of sp³-hybridized carbons (Fsp3) is 0.577. The van der Waals surface area contributed by atoms with E-state index in [0.717, 1.165) is 40.6 Å². The molecule has 1 atom stereocenters. The Hall–Kier alpha value is -2.30. The summed E-state index contributed by atoms with van der Waals surface area (Å²) in [6.45, 7) is 3.92. The zero-order chi connectivity index (χ0) is 25.1. The molecule has 5 fully saturated rings. The van der Waals surface area contributed by atoms with E-state index in [4.69, 9.17) is 0 Å². The third kappa shape index (κ3) is 4.37. The molecule has 192 valence electrons. The van der Waals surface area contributed by atoms with E-state index in [1.54, 1.807) is 0 Å². The molecule has 4 aliphatic carbocycles. The number of piperidine rings is 1. The lowest BCUT2D eigenvalue weighted by molar-refractivity contribution is -0.140. The maximum absolute atomic E-state index is 13.4. The van der Waals surface area contributed by atoms with Gasteiger partial charge in [0.1, 0.15) is 0 Å². The monoisotopic (exact) mass is 528 g/mol. The summed E-state index contributed by atoms with van der Waals surface area (Å²) in [6, 6.07) is 5.68. The van der Waals surface area contributed by atoms with Crippen LogP contribution >= 0.6 is 11.3 Å². The molecule has 1 aromatic heterocycles. The van der Waals surface area contributed by atoms with Gasteiger partial charge in [-0.05, 0) is 87.3 Å². The van der Waals surface area contributed by atoms with Crippen molar-refractivity contribution in [1.29, 1.82) is 0 Å². The average molecular weight is 529 g/mol. The van der Waals surface area contributed by atoms with E-state index >= 15 is 0 Å². The molecule has 4 bridgehead atoms.